The lowest BCUT2D eigenvalue weighted by Crippen LogP contribution is -2.11. The number of benzene rings is 2. The van der Waals surface area contributed by atoms with Gasteiger partial charge < -0.3 is 8.92 Å². The van der Waals surface area contributed by atoms with E-state index >= 15 is 0 Å². The highest BCUT2D eigenvalue weighted by atomic mass is 35.5. The van der Waals surface area contributed by atoms with E-state index in [0.29, 0.717) is 5.56 Å². The highest BCUT2D eigenvalue weighted by Crippen LogP contribution is 2.32. The standard InChI is InChI=1S/C16H15ClO5S/c1-10-4-7-16(13(17)8-10)23(19,20)22-14-6-5-12(11(2)18)9-15(14)21-3/h4-9H,1-3H3. The Kier molecular flexibility index (Phi) is 4.97. The number of methoxy groups -OCH3 is 1. The summed E-state index contributed by atoms with van der Waals surface area (Å²) < 4.78 is 35.0. The Labute approximate surface area is 139 Å². The Morgan fingerprint density at radius 1 is 1.09 bits per heavy atom. The van der Waals surface area contributed by atoms with Crippen LogP contribution in [0.3, 0.4) is 0 Å². The number of carbonyl (C=O) groups is 1. The van der Waals surface area contributed by atoms with E-state index in [1.807, 2.05) is 0 Å². The highest BCUT2D eigenvalue weighted by molar-refractivity contribution is 7.87. The monoisotopic (exact) mass is 354 g/mol. The van der Waals surface area contributed by atoms with E-state index in [1.165, 1.54) is 44.4 Å². The minimum Gasteiger partial charge on any atom is -0.493 e. The molecule has 0 amide bonds. The lowest BCUT2D eigenvalue weighted by molar-refractivity contribution is 0.101. The third-order valence-corrected chi connectivity index (χ3v) is 4.84. The third-order valence-electron chi connectivity index (χ3n) is 3.13. The fraction of sp³-hybridized carbons (Fsp3) is 0.188. The predicted molar refractivity (Wildman–Crippen MR) is 87.0 cm³/mol. The van der Waals surface area contributed by atoms with Gasteiger partial charge >= 0.3 is 10.1 Å². The molecule has 2 rings (SSSR count). The lowest BCUT2D eigenvalue weighted by atomic mass is 10.1. The molecule has 7 heteroatoms. The van der Waals surface area contributed by atoms with Crippen molar-refractivity contribution in [1.29, 1.82) is 0 Å². The summed E-state index contributed by atoms with van der Waals surface area (Å²) in [6.45, 7) is 3.20. The molecule has 0 N–H and O–H groups in total. The average Bonchev–Trinajstić information content (AvgIpc) is 2.46. The van der Waals surface area contributed by atoms with Crippen molar-refractivity contribution in [1.82, 2.24) is 0 Å². The molecule has 0 heterocycles. The van der Waals surface area contributed by atoms with Crippen molar-refractivity contribution >= 4 is 27.5 Å². The molecule has 0 aromatic heterocycles. The molecule has 0 bridgehead atoms. The van der Waals surface area contributed by atoms with Crippen LogP contribution in [0.25, 0.3) is 0 Å². The van der Waals surface area contributed by atoms with Crippen LogP contribution in [0.1, 0.15) is 22.8 Å². The summed E-state index contributed by atoms with van der Waals surface area (Å²) in [6.07, 6.45) is 0. The van der Waals surface area contributed by atoms with Crippen LogP contribution in [0.15, 0.2) is 41.3 Å². The van der Waals surface area contributed by atoms with Gasteiger partial charge in [-0.1, -0.05) is 17.7 Å². The lowest BCUT2D eigenvalue weighted by Gasteiger charge is -2.12. The second-order valence-corrected chi connectivity index (χ2v) is 6.82. The number of Topliss-reactive ketones (excluding diaryl/α,β-unsaturated/α-hetero) is 1. The molecule has 0 spiro atoms. The molecule has 0 aliphatic rings. The van der Waals surface area contributed by atoms with E-state index in [9.17, 15) is 13.2 Å². The van der Waals surface area contributed by atoms with Crippen LogP contribution in [0, 0.1) is 6.92 Å². The van der Waals surface area contributed by atoms with Gasteiger partial charge in [-0.3, -0.25) is 4.79 Å². The molecule has 5 nitrogen and oxygen atoms in total. The van der Waals surface area contributed by atoms with Crippen LogP contribution in [-0.2, 0) is 10.1 Å². The molecule has 0 saturated carbocycles. The molecule has 0 atom stereocenters. The number of aryl methyl sites for hydroxylation is 1. The van der Waals surface area contributed by atoms with Crippen LogP contribution in [-0.4, -0.2) is 21.3 Å². The summed E-state index contributed by atoms with van der Waals surface area (Å²) in [6, 6.07) is 8.79. The van der Waals surface area contributed by atoms with Gasteiger partial charge in [0.25, 0.3) is 0 Å². The maximum absolute atomic E-state index is 12.4. The third kappa shape index (κ3) is 3.83. The Morgan fingerprint density at radius 2 is 1.78 bits per heavy atom. The molecule has 0 aliphatic carbocycles. The van der Waals surface area contributed by atoms with Crippen molar-refractivity contribution in [3.05, 3.63) is 52.5 Å². The maximum atomic E-state index is 12.4. The molecule has 0 saturated heterocycles. The van der Waals surface area contributed by atoms with Gasteiger partial charge in [0.15, 0.2) is 17.3 Å². The number of ether oxygens (including phenoxy) is 1. The van der Waals surface area contributed by atoms with Gasteiger partial charge in [-0.05, 0) is 49.7 Å². The number of ketones is 1. The van der Waals surface area contributed by atoms with Gasteiger partial charge in [-0.25, -0.2) is 0 Å². The summed E-state index contributed by atoms with van der Waals surface area (Å²) in [5.41, 5.74) is 1.22. The van der Waals surface area contributed by atoms with E-state index in [4.69, 9.17) is 20.5 Å². The first-order chi connectivity index (χ1) is 10.7. The quantitative estimate of drug-likeness (QED) is 0.605. The Bertz CT molecular complexity index is 859. The summed E-state index contributed by atoms with van der Waals surface area (Å²) in [5, 5.41) is 0.0734. The Morgan fingerprint density at radius 3 is 2.35 bits per heavy atom. The Hall–Kier alpha value is -2.05. The number of carbonyl (C=O) groups excluding carboxylic acids is 1. The fourth-order valence-electron chi connectivity index (χ4n) is 1.93. The van der Waals surface area contributed by atoms with Crippen molar-refractivity contribution in [3.63, 3.8) is 0 Å². The number of rotatable bonds is 5. The molecule has 0 unspecified atom stereocenters. The van der Waals surface area contributed by atoms with Crippen molar-refractivity contribution < 1.29 is 22.1 Å². The average molecular weight is 355 g/mol. The Balaban J connectivity index is 2.43. The predicted octanol–water partition coefficient (Wildman–Crippen LogP) is 3.63. The van der Waals surface area contributed by atoms with E-state index in [2.05, 4.69) is 0 Å². The van der Waals surface area contributed by atoms with E-state index in [-0.39, 0.29) is 27.2 Å². The highest BCUT2D eigenvalue weighted by Gasteiger charge is 2.22. The van der Waals surface area contributed by atoms with E-state index in [0.717, 1.165) is 5.56 Å². The van der Waals surface area contributed by atoms with Crippen LogP contribution in [0.4, 0.5) is 0 Å². The second-order valence-electron chi connectivity index (χ2n) is 4.89. The van der Waals surface area contributed by atoms with Crippen molar-refractivity contribution in [2.75, 3.05) is 7.11 Å². The van der Waals surface area contributed by atoms with Gasteiger partial charge in [-0.15, -0.1) is 0 Å². The zero-order valence-electron chi connectivity index (χ0n) is 12.8. The van der Waals surface area contributed by atoms with Crippen molar-refractivity contribution in [2.45, 2.75) is 18.7 Å². The summed E-state index contributed by atoms with van der Waals surface area (Å²) in [5.74, 6) is -0.0436. The van der Waals surface area contributed by atoms with Gasteiger partial charge in [0.2, 0.25) is 0 Å². The number of hydrogen-bond acceptors (Lipinski definition) is 5. The summed E-state index contributed by atoms with van der Waals surface area (Å²) in [4.78, 5) is 11.2. The minimum absolute atomic E-state index is 0.0193. The van der Waals surface area contributed by atoms with Crippen molar-refractivity contribution in [3.8, 4) is 11.5 Å². The summed E-state index contributed by atoms with van der Waals surface area (Å²) in [7, 11) is -2.76. The SMILES string of the molecule is COc1cc(C(C)=O)ccc1OS(=O)(=O)c1ccc(C)cc1Cl. The van der Waals surface area contributed by atoms with Crippen LogP contribution in [0.2, 0.25) is 5.02 Å². The zero-order chi connectivity index (χ0) is 17.2. The first-order valence-corrected chi connectivity index (χ1v) is 8.43. The van der Waals surface area contributed by atoms with Crippen LogP contribution in [0.5, 0.6) is 11.5 Å². The maximum Gasteiger partial charge on any atom is 0.340 e. The van der Waals surface area contributed by atoms with Gasteiger partial charge in [0, 0.05) is 5.56 Å². The smallest absolute Gasteiger partial charge is 0.340 e. The number of hydrogen-bond donors (Lipinski definition) is 0. The first-order valence-electron chi connectivity index (χ1n) is 6.64. The molecular weight excluding hydrogens is 340 g/mol. The largest absolute Gasteiger partial charge is 0.493 e. The van der Waals surface area contributed by atoms with E-state index < -0.39 is 10.1 Å². The van der Waals surface area contributed by atoms with E-state index in [1.54, 1.807) is 13.0 Å². The van der Waals surface area contributed by atoms with Gasteiger partial charge in [0.1, 0.15) is 4.90 Å². The van der Waals surface area contributed by atoms with Gasteiger partial charge in [-0.2, -0.15) is 8.42 Å². The fourth-order valence-corrected chi connectivity index (χ4v) is 3.44. The topological polar surface area (TPSA) is 69.7 Å². The number of halogens is 1. The molecular formula is C16H15ClO5S. The molecule has 122 valence electrons. The molecule has 0 aliphatic heterocycles. The van der Waals surface area contributed by atoms with Crippen LogP contribution < -0.4 is 8.92 Å². The molecule has 0 radical (unpaired) electrons. The molecule has 2 aromatic carbocycles. The second kappa shape index (κ2) is 6.60. The molecule has 23 heavy (non-hydrogen) atoms. The van der Waals surface area contributed by atoms with Gasteiger partial charge in [0.05, 0.1) is 12.1 Å². The molecule has 0 fully saturated rings. The first kappa shape index (κ1) is 17.3. The van der Waals surface area contributed by atoms with Crippen LogP contribution >= 0.6 is 11.6 Å². The normalized spacial score (nSPS) is 11.1. The minimum atomic E-state index is -4.12. The summed E-state index contributed by atoms with van der Waals surface area (Å²) >= 11 is 5.99. The molecule has 2 aromatic rings. The van der Waals surface area contributed by atoms with Crippen molar-refractivity contribution in [2.24, 2.45) is 0 Å². The zero-order valence-corrected chi connectivity index (χ0v) is 14.4.